The van der Waals surface area contributed by atoms with Crippen molar-refractivity contribution in [3.8, 4) is 5.97 Å². The van der Waals surface area contributed by atoms with Gasteiger partial charge in [0.15, 0.2) is 0 Å². The Hall–Kier alpha value is -0.345. The summed E-state index contributed by atoms with van der Waals surface area (Å²) in [5.74, 6) is 1.88. The fourth-order valence-corrected chi connectivity index (χ4v) is 0.408. The van der Waals surface area contributed by atoms with E-state index in [2.05, 4.69) is 4.74 Å². The van der Waals surface area contributed by atoms with Gasteiger partial charge in [-0.1, -0.05) is 0 Å². The van der Waals surface area contributed by atoms with Crippen molar-refractivity contribution in [2.24, 2.45) is 4.74 Å². The fraction of sp³-hybridized carbons (Fsp3) is 0.667. The first-order valence-corrected chi connectivity index (χ1v) is 3.18. The average Bonchev–Trinajstić information content (AvgIpc) is 1.69. The van der Waals surface area contributed by atoms with Gasteiger partial charge in [0.25, 0.3) is 7.28 Å². The summed E-state index contributed by atoms with van der Waals surface area (Å²) in [6.07, 6.45) is 0.564. The monoisotopic (exact) mass is 111 g/mol. The number of nitriles is 1. The summed E-state index contributed by atoms with van der Waals surface area (Å²) in [5.41, 5.74) is 0. The minimum atomic E-state index is 0.564. The average molecular weight is 111 g/mol. The molecule has 0 unspecified atom stereocenters. The van der Waals surface area contributed by atoms with Crippen LogP contribution in [-0.2, 0) is 0 Å². The molecule has 2 nitrogen and oxygen atoms in total. The van der Waals surface area contributed by atoms with Gasteiger partial charge in [0, 0.05) is 6.44 Å². The molecule has 0 saturated carbocycles. The lowest BCUT2D eigenvalue weighted by atomic mass is 9.82. The zero-order valence-corrected chi connectivity index (χ0v) is 5.02. The molecule has 0 rings (SSSR count). The van der Waals surface area contributed by atoms with Crippen LogP contribution >= 0.6 is 8.37 Å². The van der Waals surface area contributed by atoms with Crippen molar-refractivity contribution in [2.45, 2.75) is 0 Å². The molecule has 4 heteroatoms. The van der Waals surface area contributed by atoms with Crippen LogP contribution in [0, 0.1) is 11.2 Å². The highest BCUT2D eigenvalue weighted by Gasteiger charge is 1.78. The van der Waals surface area contributed by atoms with Crippen LogP contribution in [0.4, 0.5) is 0 Å². The highest BCUT2D eigenvalue weighted by atomic mass is 31.1. The Morgan fingerprint density at radius 2 is 2.71 bits per heavy atom. The van der Waals surface area contributed by atoms with E-state index in [4.69, 9.17) is 5.26 Å². The molecule has 0 heterocycles. The van der Waals surface area contributed by atoms with Gasteiger partial charge in [0.1, 0.15) is 0 Å². The molecule has 0 atom stereocenters. The van der Waals surface area contributed by atoms with Crippen molar-refractivity contribution in [3.63, 3.8) is 0 Å². The summed E-state index contributed by atoms with van der Waals surface area (Å²) in [6, 6.07) is 0. The van der Waals surface area contributed by atoms with Crippen LogP contribution in [0.25, 0.3) is 0 Å². The second kappa shape index (κ2) is 5.65. The zero-order valence-electron chi connectivity index (χ0n) is 4.13. The summed E-state index contributed by atoms with van der Waals surface area (Å²) in [4.78, 5) is 0. The van der Waals surface area contributed by atoms with E-state index >= 15 is 0 Å². The minimum Gasteiger partial charge on any atom is -0.276 e. The molecule has 0 aromatic carbocycles. The van der Waals surface area contributed by atoms with Gasteiger partial charge in [-0.3, -0.25) is 4.74 Å². The molecule has 0 saturated heterocycles. The molecular formula is C3H5BN2P. The number of hydrogen-bond donors (Lipinski definition) is 0. The normalized spacial score (nSPS) is 8.57. The predicted molar refractivity (Wildman–Crippen MR) is 31.5 cm³/mol. The second-order valence-corrected chi connectivity index (χ2v) is 1.54. The van der Waals surface area contributed by atoms with E-state index in [1.54, 1.807) is 0 Å². The van der Waals surface area contributed by atoms with E-state index in [-0.39, 0.29) is 0 Å². The molecule has 35 valence electrons. The predicted octanol–water partition coefficient (Wildman–Crippen LogP) is 0.889. The Labute approximate surface area is 45.7 Å². The van der Waals surface area contributed by atoms with E-state index in [0.29, 0.717) is 6.44 Å². The van der Waals surface area contributed by atoms with Gasteiger partial charge in [-0.05, 0) is 21.0 Å². The molecule has 0 spiro atoms. The van der Waals surface area contributed by atoms with Crippen LogP contribution in [0.15, 0.2) is 4.74 Å². The highest BCUT2D eigenvalue weighted by Crippen LogP contribution is 1.86. The molecule has 0 aliphatic heterocycles. The third kappa shape index (κ3) is 5.65. The van der Waals surface area contributed by atoms with Crippen LogP contribution in [0.3, 0.4) is 0 Å². The van der Waals surface area contributed by atoms with E-state index in [9.17, 15) is 0 Å². The summed E-state index contributed by atoms with van der Waals surface area (Å²) < 4.78 is 3.86. The van der Waals surface area contributed by atoms with Crippen LogP contribution in [0.2, 0.25) is 0 Å². The Kier molecular flexibility index (Phi) is 5.38. The zero-order chi connectivity index (χ0) is 5.54. The van der Waals surface area contributed by atoms with Gasteiger partial charge < -0.3 is 0 Å². The van der Waals surface area contributed by atoms with Crippen LogP contribution in [0.1, 0.15) is 0 Å². The van der Waals surface area contributed by atoms with Gasteiger partial charge in [-0.25, -0.2) is 5.26 Å². The lowest BCUT2D eigenvalue weighted by Gasteiger charge is -1.72. The Morgan fingerprint density at radius 1 is 2.00 bits per heavy atom. The van der Waals surface area contributed by atoms with Crippen LogP contribution < -0.4 is 0 Å². The molecule has 0 bridgehead atoms. The third-order valence-electron chi connectivity index (χ3n) is 0.406. The summed E-state index contributed by atoms with van der Waals surface area (Å²) in [6.45, 7) is 1.92. The van der Waals surface area contributed by atoms with Crippen molar-refractivity contribution < 1.29 is 0 Å². The molecule has 0 aliphatic rings. The number of rotatable bonds is 2. The number of hydrogen-bond acceptors (Lipinski definition) is 2. The molecule has 0 amide bonds. The minimum absolute atomic E-state index is 0.564. The first kappa shape index (κ1) is 6.65. The van der Waals surface area contributed by atoms with Crippen molar-refractivity contribution in [1.29, 1.82) is 5.26 Å². The number of nitrogens with zero attached hydrogens (tertiary/aromatic N) is 2. The van der Waals surface area contributed by atoms with Gasteiger partial charge in [-0.2, -0.15) is 0 Å². The molecule has 7 heavy (non-hydrogen) atoms. The Bertz CT molecular complexity index is 95.6. The van der Waals surface area contributed by atoms with Crippen molar-refractivity contribution >= 4 is 15.7 Å². The highest BCUT2D eigenvalue weighted by molar-refractivity contribution is 7.25. The standard InChI is InChI=1S/C3H5BN2P/c1-7-6-3-4-2-5/h3H2,1H3. The molecule has 0 aromatic heterocycles. The van der Waals surface area contributed by atoms with Crippen molar-refractivity contribution in [2.75, 3.05) is 13.1 Å². The Morgan fingerprint density at radius 3 is 3.14 bits per heavy atom. The lowest BCUT2D eigenvalue weighted by molar-refractivity contribution is 1.40. The van der Waals surface area contributed by atoms with Gasteiger partial charge in [0.05, 0.1) is 0 Å². The fourth-order valence-electron chi connectivity index (χ4n) is 0.163. The Balaban J connectivity index is 2.87. The summed E-state index contributed by atoms with van der Waals surface area (Å²) in [5, 5.41) is 7.92. The molecule has 0 aliphatic carbocycles. The molecule has 0 aromatic rings. The van der Waals surface area contributed by atoms with E-state index in [0.717, 1.165) is 8.37 Å². The molecule has 0 fully saturated rings. The second-order valence-electron chi connectivity index (χ2n) is 0.857. The maximum Gasteiger partial charge on any atom is 0.280 e. The molecular weight excluding hydrogens is 106 g/mol. The topological polar surface area (TPSA) is 36.1 Å². The maximum absolute atomic E-state index is 7.92. The van der Waals surface area contributed by atoms with Crippen molar-refractivity contribution in [3.05, 3.63) is 0 Å². The van der Waals surface area contributed by atoms with Crippen LogP contribution in [0.5, 0.6) is 0 Å². The quantitative estimate of drug-likeness (QED) is 0.296. The summed E-state index contributed by atoms with van der Waals surface area (Å²) >= 11 is 0. The van der Waals surface area contributed by atoms with Gasteiger partial charge >= 0.3 is 0 Å². The summed E-state index contributed by atoms with van der Waals surface area (Å²) in [7, 11) is 2.47. The van der Waals surface area contributed by atoms with Gasteiger partial charge in [0.2, 0.25) is 0 Å². The van der Waals surface area contributed by atoms with Crippen molar-refractivity contribution in [1.82, 2.24) is 0 Å². The van der Waals surface area contributed by atoms with Gasteiger partial charge in [-0.15, -0.1) is 0 Å². The molecule has 1 radical (unpaired) electrons. The van der Waals surface area contributed by atoms with E-state index in [1.807, 2.05) is 12.6 Å². The SMILES string of the molecule is CP=NC[B]C#N. The van der Waals surface area contributed by atoms with E-state index < -0.39 is 0 Å². The maximum atomic E-state index is 7.92. The third-order valence-corrected chi connectivity index (χ3v) is 0.852. The van der Waals surface area contributed by atoms with E-state index in [1.165, 1.54) is 7.28 Å². The smallest absolute Gasteiger partial charge is 0.276 e. The lowest BCUT2D eigenvalue weighted by Crippen LogP contribution is -1.87. The van der Waals surface area contributed by atoms with Crippen LogP contribution in [-0.4, -0.2) is 20.4 Å². The largest absolute Gasteiger partial charge is 0.280 e. The molecule has 0 N–H and O–H groups in total. The first-order chi connectivity index (χ1) is 3.41. The first-order valence-electron chi connectivity index (χ1n) is 1.88.